The van der Waals surface area contributed by atoms with E-state index in [-0.39, 0.29) is 11.8 Å². The zero-order chi connectivity index (χ0) is 25.5. The molecular formula is C29H32N2O5. The molecule has 0 radical (unpaired) electrons. The van der Waals surface area contributed by atoms with Crippen molar-refractivity contribution in [2.24, 2.45) is 0 Å². The lowest BCUT2D eigenvalue weighted by atomic mass is 10.1. The highest BCUT2D eigenvalue weighted by Crippen LogP contribution is 2.31. The fourth-order valence-corrected chi connectivity index (χ4v) is 4.32. The molecule has 0 spiro atoms. The third-order valence-corrected chi connectivity index (χ3v) is 6.26. The summed E-state index contributed by atoms with van der Waals surface area (Å²) < 4.78 is 16.8. The molecule has 4 rings (SSSR count). The fourth-order valence-electron chi connectivity index (χ4n) is 4.32. The predicted octanol–water partition coefficient (Wildman–Crippen LogP) is 4.63. The molecule has 0 aromatic heterocycles. The number of anilines is 1. The maximum atomic E-state index is 13.2. The second-order valence-corrected chi connectivity index (χ2v) is 8.75. The van der Waals surface area contributed by atoms with Crippen LogP contribution in [0.2, 0.25) is 0 Å². The SMILES string of the molecule is CC[C@@H]1Oc2ccc(NC(=O)Cc3ccccc3)cc2CN(CCc2ccc(OC)c(OC)c2)C1=O. The van der Waals surface area contributed by atoms with Crippen LogP contribution >= 0.6 is 0 Å². The minimum atomic E-state index is -0.546. The summed E-state index contributed by atoms with van der Waals surface area (Å²) in [4.78, 5) is 27.6. The van der Waals surface area contributed by atoms with Crippen LogP contribution in [0.15, 0.2) is 66.7 Å². The van der Waals surface area contributed by atoms with Crippen molar-refractivity contribution in [1.82, 2.24) is 4.90 Å². The molecule has 1 atom stereocenters. The Balaban J connectivity index is 1.49. The number of rotatable bonds is 9. The smallest absolute Gasteiger partial charge is 0.263 e. The molecule has 1 heterocycles. The van der Waals surface area contributed by atoms with E-state index in [1.807, 2.05) is 78.6 Å². The van der Waals surface area contributed by atoms with Crippen molar-refractivity contribution in [1.29, 1.82) is 0 Å². The number of fused-ring (bicyclic) bond motifs is 1. The Hall–Kier alpha value is -4.00. The van der Waals surface area contributed by atoms with Gasteiger partial charge in [-0.25, -0.2) is 0 Å². The molecule has 0 bridgehead atoms. The summed E-state index contributed by atoms with van der Waals surface area (Å²) in [7, 11) is 3.21. The summed E-state index contributed by atoms with van der Waals surface area (Å²) in [6.45, 7) is 2.87. The van der Waals surface area contributed by atoms with Crippen molar-refractivity contribution in [3.63, 3.8) is 0 Å². The Morgan fingerprint density at radius 3 is 2.50 bits per heavy atom. The molecular weight excluding hydrogens is 456 g/mol. The van der Waals surface area contributed by atoms with E-state index in [9.17, 15) is 9.59 Å². The highest BCUT2D eigenvalue weighted by atomic mass is 16.5. The average molecular weight is 489 g/mol. The third kappa shape index (κ3) is 5.97. The van der Waals surface area contributed by atoms with Gasteiger partial charge in [-0.1, -0.05) is 43.3 Å². The standard InChI is InChI=1S/C29H32N2O5/c1-4-24-29(33)31(15-14-21-10-12-26(34-2)27(16-21)35-3)19-22-18-23(11-13-25(22)36-24)30-28(32)17-20-8-6-5-7-9-20/h5-13,16,18,24H,4,14-15,17,19H2,1-3H3,(H,30,32)/t24-/m0/s1. The van der Waals surface area contributed by atoms with E-state index in [4.69, 9.17) is 14.2 Å². The summed E-state index contributed by atoms with van der Waals surface area (Å²) >= 11 is 0. The summed E-state index contributed by atoms with van der Waals surface area (Å²) in [5.74, 6) is 1.87. The lowest BCUT2D eigenvalue weighted by Gasteiger charge is -2.23. The first-order valence-corrected chi connectivity index (χ1v) is 12.1. The van der Waals surface area contributed by atoms with E-state index >= 15 is 0 Å². The van der Waals surface area contributed by atoms with Crippen LogP contribution in [0.5, 0.6) is 17.2 Å². The van der Waals surface area contributed by atoms with Crippen molar-refractivity contribution < 1.29 is 23.8 Å². The Morgan fingerprint density at radius 2 is 1.78 bits per heavy atom. The number of amides is 2. The molecule has 3 aromatic rings. The van der Waals surface area contributed by atoms with Gasteiger partial charge in [-0.2, -0.15) is 0 Å². The van der Waals surface area contributed by atoms with Crippen LogP contribution in [-0.2, 0) is 29.0 Å². The van der Waals surface area contributed by atoms with Gasteiger partial charge in [0.05, 0.1) is 20.6 Å². The van der Waals surface area contributed by atoms with Crippen molar-refractivity contribution in [3.05, 3.63) is 83.4 Å². The molecule has 36 heavy (non-hydrogen) atoms. The van der Waals surface area contributed by atoms with E-state index in [0.717, 1.165) is 16.7 Å². The predicted molar refractivity (Wildman–Crippen MR) is 139 cm³/mol. The zero-order valence-corrected chi connectivity index (χ0v) is 21.0. The number of ether oxygens (including phenoxy) is 3. The molecule has 0 saturated carbocycles. The molecule has 0 saturated heterocycles. The third-order valence-electron chi connectivity index (χ3n) is 6.26. The van der Waals surface area contributed by atoms with Crippen LogP contribution in [0.25, 0.3) is 0 Å². The van der Waals surface area contributed by atoms with Gasteiger partial charge >= 0.3 is 0 Å². The van der Waals surface area contributed by atoms with E-state index < -0.39 is 6.10 Å². The molecule has 7 nitrogen and oxygen atoms in total. The molecule has 1 aliphatic rings. The summed E-state index contributed by atoms with van der Waals surface area (Å²) in [6.07, 6.45) is 0.976. The van der Waals surface area contributed by atoms with E-state index in [1.165, 1.54) is 0 Å². The lowest BCUT2D eigenvalue weighted by Crippen LogP contribution is -2.40. The number of nitrogens with zero attached hydrogens (tertiary/aromatic N) is 1. The van der Waals surface area contributed by atoms with E-state index in [1.54, 1.807) is 14.2 Å². The molecule has 2 amide bonds. The first-order valence-electron chi connectivity index (χ1n) is 12.1. The van der Waals surface area contributed by atoms with Crippen molar-refractivity contribution >= 4 is 17.5 Å². The molecule has 1 aliphatic heterocycles. The van der Waals surface area contributed by atoms with Gasteiger partial charge in [0, 0.05) is 24.3 Å². The molecule has 0 fully saturated rings. The first kappa shape index (κ1) is 25.1. The van der Waals surface area contributed by atoms with Crippen LogP contribution in [0, 0.1) is 0 Å². The van der Waals surface area contributed by atoms with Gasteiger partial charge in [0.15, 0.2) is 17.6 Å². The highest BCUT2D eigenvalue weighted by molar-refractivity contribution is 5.92. The Kier molecular flexibility index (Phi) is 8.10. The maximum absolute atomic E-state index is 13.2. The normalized spacial score (nSPS) is 14.9. The number of benzene rings is 3. The van der Waals surface area contributed by atoms with Crippen LogP contribution in [0.3, 0.4) is 0 Å². The van der Waals surface area contributed by atoms with Gasteiger partial charge < -0.3 is 24.4 Å². The minimum Gasteiger partial charge on any atom is -0.493 e. The average Bonchev–Trinajstić information content (AvgIpc) is 3.03. The molecule has 3 aromatic carbocycles. The first-order chi connectivity index (χ1) is 17.5. The number of carbonyl (C=O) groups is 2. The van der Waals surface area contributed by atoms with Gasteiger partial charge in [-0.15, -0.1) is 0 Å². The second kappa shape index (κ2) is 11.6. The number of carbonyl (C=O) groups excluding carboxylic acids is 2. The monoisotopic (exact) mass is 488 g/mol. The Morgan fingerprint density at radius 1 is 1.00 bits per heavy atom. The zero-order valence-electron chi connectivity index (χ0n) is 21.0. The Labute approximate surface area is 212 Å². The highest BCUT2D eigenvalue weighted by Gasteiger charge is 2.30. The summed E-state index contributed by atoms with van der Waals surface area (Å²) in [5.41, 5.74) is 3.54. The topological polar surface area (TPSA) is 77.1 Å². The maximum Gasteiger partial charge on any atom is 0.263 e. The quantitative estimate of drug-likeness (QED) is 0.475. The van der Waals surface area contributed by atoms with Gasteiger partial charge in [0.1, 0.15) is 5.75 Å². The van der Waals surface area contributed by atoms with Crippen LogP contribution in [-0.4, -0.2) is 43.6 Å². The second-order valence-electron chi connectivity index (χ2n) is 8.75. The molecule has 0 unspecified atom stereocenters. The fraction of sp³-hybridized carbons (Fsp3) is 0.310. The lowest BCUT2D eigenvalue weighted by molar-refractivity contribution is -0.138. The number of methoxy groups -OCH3 is 2. The molecule has 188 valence electrons. The van der Waals surface area contributed by atoms with Crippen molar-refractivity contribution in [3.8, 4) is 17.2 Å². The number of nitrogens with one attached hydrogen (secondary N) is 1. The molecule has 0 aliphatic carbocycles. The summed E-state index contributed by atoms with van der Waals surface area (Å²) in [6, 6.07) is 20.9. The summed E-state index contributed by atoms with van der Waals surface area (Å²) in [5, 5.41) is 2.97. The van der Waals surface area contributed by atoms with Gasteiger partial charge in [0.2, 0.25) is 5.91 Å². The minimum absolute atomic E-state index is 0.0381. The van der Waals surface area contributed by atoms with Crippen molar-refractivity contribution in [2.75, 3.05) is 26.1 Å². The van der Waals surface area contributed by atoms with E-state index in [2.05, 4.69) is 5.32 Å². The molecule has 1 N–H and O–H groups in total. The Bertz CT molecular complexity index is 1210. The number of hydrogen-bond acceptors (Lipinski definition) is 5. The van der Waals surface area contributed by atoms with Crippen LogP contribution in [0.1, 0.15) is 30.0 Å². The molecule has 7 heteroatoms. The van der Waals surface area contributed by atoms with Gasteiger partial charge in [0.25, 0.3) is 5.91 Å². The number of hydrogen-bond donors (Lipinski definition) is 1. The van der Waals surface area contributed by atoms with Crippen molar-refractivity contribution in [2.45, 2.75) is 38.8 Å². The van der Waals surface area contributed by atoms with Gasteiger partial charge in [-0.3, -0.25) is 9.59 Å². The van der Waals surface area contributed by atoms with E-state index in [0.29, 0.717) is 55.3 Å². The van der Waals surface area contributed by atoms with Crippen LogP contribution < -0.4 is 19.5 Å². The van der Waals surface area contributed by atoms with Crippen LogP contribution in [0.4, 0.5) is 5.69 Å². The van der Waals surface area contributed by atoms with Gasteiger partial charge in [-0.05, 0) is 54.3 Å². The largest absolute Gasteiger partial charge is 0.493 e.